The number of benzene rings is 2. The van der Waals surface area contributed by atoms with E-state index in [0.717, 1.165) is 6.08 Å². The fourth-order valence-electron chi connectivity index (χ4n) is 2.80. The van der Waals surface area contributed by atoms with Crippen molar-refractivity contribution in [1.29, 1.82) is 0 Å². The predicted molar refractivity (Wildman–Crippen MR) is 115 cm³/mol. The molecule has 0 atom stereocenters. The molecule has 2 rings (SSSR count). The van der Waals surface area contributed by atoms with Gasteiger partial charge in [0.25, 0.3) is 5.91 Å². The van der Waals surface area contributed by atoms with Crippen molar-refractivity contribution in [3.63, 3.8) is 0 Å². The molecule has 0 fully saturated rings. The van der Waals surface area contributed by atoms with Gasteiger partial charge in [0, 0.05) is 24.1 Å². The van der Waals surface area contributed by atoms with E-state index in [9.17, 15) is 56.7 Å². The molecule has 0 spiro atoms. The lowest BCUT2D eigenvalue weighted by Crippen LogP contribution is -2.60. The molecule has 2 aromatic carbocycles. The van der Waals surface area contributed by atoms with Crippen LogP contribution < -0.4 is 10.1 Å². The lowest BCUT2D eigenvalue weighted by atomic mass is 9.93. The maximum atomic E-state index is 13.2. The van der Waals surface area contributed by atoms with Crippen molar-refractivity contribution >= 4 is 29.6 Å². The summed E-state index contributed by atoms with van der Waals surface area (Å²) in [5.41, 5.74) is -4.15. The molecule has 3 N–H and O–H groups in total. The predicted octanol–water partition coefficient (Wildman–Crippen LogP) is 3.91. The van der Waals surface area contributed by atoms with E-state index in [4.69, 9.17) is 0 Å². The van der Waals surface area contributed by atoms with Crippen molar-refractivity contribution in [3.8, 4) is 5.75 Å². The van der Waals surface area contributed by atoms with Gasteiger partial charge in [-0.3, -0.25) is 14.9 Å². The lowest BCUT2D eigenvalue weighted by Gasteiger charge is -2.25. The molecular weight excluding hydrogens is 515 g/mol. The van der Waals surface area contributed by atoms with Crippen molar-refractivity contribution < 1.29 is 56.2 Å². The first-order valence-corrected chi connectivity index (χ1v) is 9.97. The highest BCUT2D eigenvalue weighted by Gasteiger charge is 2.58. The molecule has 2 aromatic rings. The lowest BCUT2D eigenvalue weighted by molar-refractivity contribution is -0.386. The smallest absolute Gasteiger partial charge is 0.456 e. The molecule has 10 nitrogen and oxygen atoms in total. The molecule has 0 saturated heterocycles. The zero-order chi connectivity index (χ0) is 28.0. The first kappa shape index (κ1) is 28.7. The van der Waals surface area contributed by atoms with Crippen molar-refractivity contribution in [1.82, 2.24) is 5.32 Å². The number of nitro benzene ring substituents is 1. The van der Waals surface area contributed by atoms with Crippen molar-refractivity contribution in [3.05, 3.63) is 75.8 Å². The Morgan fingerprint density at radius 2 is 1.59 bits per heavy atom. The van der Waals surface area contributed by atoms with Crippen molar-refractivity contribution in [2.45, 2.75) is 24.1 Å². The number of carbonyl (C=O) groups excluding carboxylic acids is 1. The fourth-order valence-corrected chi connectivity index (χ4v) is 2.80. The Balaban J connectivity index is 2.37. The monoisotopic (exact) mass is 532 g/mol. The number of nitrogens with zero attached hydrogens (tertiary/aromatic N) is 1. The number of hydrogen-bond acceptors (Lipinski definition) is 6. The summed E-state index contributed by atoms with van der Waals surface area (Å²) in [7, 11) is 0. The average molecular weight is 532 g/mol. The number of nitro groups is 1. The van der Waals surface area contributed by atoms with Crippen LogP contribution in [0.3, 0.4) is 0 Å². The molecule has 0 aliphatic carbocycles. The third-order valence-electron chi connectivity index (χ3n) is 4.83. The van der Waals surface area contributed by atoms with Gasteiger partial charge in [-0.2, -0.15) is 22.0 Å². The molecule has 0 bridgehead atoms. The Hall–Kier alpha value is -4.56. The van der Waals surface area contributed by atoms with Crippen LogP contribution in [0.4, 0.5) is 27.6 Å². The largest absolute Gasteiger partial charge is 0.480 e. The third kappa shape index (κ3) is 6.77. The minimum atomic E-state index is -6.04. The Kier molecular flexibility index (Phi) is 8.53. The Morgan fingerprint density at radius 1 is 1.00 bits per heavy atom. The van der Waals surface area contributed by atoms with Gasteiger partial charge in [0.05, 0.1) is 4.92 Å². The van der Waals surface area contributed by atoms with E-state index in [1.54, 1.807) is 35.6 Å². The minimum absolute atomic E-state index is 0.411. The molecule has 0 saturated carbocycles. The van der Waals surface area contributed by atoms with Gasteiger partial charge in [0.15, 0.2) is 12.4 Å². The number of ether oxygens (including phenoxy) is 1. The van der Waals surface area contributed by atoms with Crippen molar-refractivity contribution in [2.75, 3.05) is 6.61 Å². The highest BCUT2D eigenvalue weighted by atomic mass is 19.4. The molecule has 1 amide bonds. The van der Waals surface area contributed by atoms with Crippen molar-refractivity contribution in [2.24, 2.45) is 0 Å². The van der Waals surface area contributed by atoms with E-state index in [-0.39, 0.29) is 0 Å². The van der Waals surface area contributed by atoms with Gasteiger partial charge in [0.2, 0.25) is 5.54 Å². The number of hydrogen-bond donors (Lipinski definition) is 3. The van der Waals surface area contributed by atoms with E-state index in [1.165, 1.54) is 6.08 Å². The summed E-state index contributed by atoms with van der Waals surface area (Å²) in [5.74, 6) is -12.0. The summed E-state index contributed by atoms with van der Waals surface area (Å²) in [6.07, 6.45) is -4.27. The van der Waals surface area contributed by atoms with E-state index >= 15 is 0 Å². The zero-order valence-corrected chi connectivity index (χ0v) is 18.4. The second-order valence-electron chi connectivity index (χ2n) is 7.42. The van der Waals surface area contributed by atoms with Crippen LogP contribution >= 0.6 is 0 Å². The number of aliphatic carboxylic acids is 2. The highest BCUT2D eigenvalue weighted by molar-refractivity contribution is 6.09. The van der Waals surface area contributed by atoms with Crippen LogP contribution in [0.25, 0.3) is 6.08 Å². The molecule has 0 aliphatic rings. The van der Waals surface area contributed by atoms with Gasteiger partial charge >= 0.3 is 29.7 Å². The summed E-state index contributed by atoms with van der Waals surface area (Å²) >= 11 is 0. The number of alkyl halides is 5. The summed E-state index contributed by atoms with van der Waals surface area (Å²) in [6.45, 7) is -2.36. The first-order valence-electron chi connectivity index (χ1n) is 9.97. The van der Waals surface area contributed by atoms with Gasteiger partial charge < -0.3 is 20.3 Å². The number of carbonyl (C=O) groups is 3. The number of carboxylic acid groups (broad SMARTS) is 2. The van der Waals surface area contributed by atoms with E-state index in [0.29, 0.717) is 23.8 Å². The van der Waals surface area contributed by atoms with Crippen LogP contribution in [0.15, 0.2) is 54.6 Å². The SMILES string of the molecule is O=C(NC(C/C=C/c1ccccc1)(C(=O)O)C(=O)O)c1ccc([N+](=O)[O-])c(OCC(F)(F)C(F)(F)F)c1. The number of amides is 1. The van der Waals surface area contributed by atoms with Crippen LogP contribution in [0.5, 0.6) is 5.75 Å². The maximum Gasteiger partial charge on any atom is 0.456 e. The average Bonchev–Trinajstić information content (AvgIpc) is 2.81. The maximum absolute atomic E-state index is 13.2. The summed E-state index contributed by atoms with van der Waals surface area (Å²) in [5, 5.41) is 32.0. The number of nitrogens with one attached hydrogen (secondary N) is 1. The van der Waals surface area contributed by atoms with Gasteiger partial charge in [-0.25, -0.2) is 9.59 Å². The molecule has 37 heavy (non-hydrogen) atoms. The van der Waals surface area contributed by atoms with E-state index in [1.807, 2.05) is 0 Å². The number of halogens is 5. The van der Waals surface area contributed by atoms with Crippen LogP contribution in [0.2, 0.25) is 0 Å². The molecule has 15 heteroatoms. The second kappa shape index (κ2) is 11.0. The Morgan fingerprint density at radius 3 is 2.11 bits per heavy atom. The molecule has 0 aromatic heterocycles. The van der Waals surface area contributed by atoms with Gasteiger partial charge in [0.1, 0.15) is 0 Å². The Bertz CT molecular complexity index is 1200. The minimum Gasteiger partial charge on any atom is -0.480 e. The summed E-state index contributed by atoms with van der Waals surface area (Å²) < 4.78 is 67.9. The third-order valence-corrected chi connectivity index (χ3v) is 4.83. The molecule has 0 unspecified atom stereocenters. The van der Waals surface area contributed by atoms with Gasteiger partial charge in [-0.15, -0.1) is 0 Å². The van der Waals surface area contributed by atoms with Crippen LogP contribution in [0.1, 0.15) is 22.3 Å². The first-order chi connectivity index (χ1) is 17.1. The topological polar surface area (TPSA) is 156 Å². The number of carboxylic acids is 2. The molecule has 0 heterocycles. The molecule has 198 valence electrons. The quantitative estimate of drug-likeness (QED) is 0.170. The second-order valence-corrected chi connectivity index (χ2v) is 7.42. The Labute approximate surface area is 204 Å². The van der Waals surface area contributed by atoms with Crippen LogP contribution in [-0.2, 0) is 9.59 Å². The molecule has 0 radical (unpaired) electrons. The zero-order valence-electron chi connectivity index (χ0n) is 18.4. The van der Waals surface area contributed by atoms with Crippen LogP contribution in [0, 0.1) is 10.1 Å². The highest BCUT2D eigenvalue weighted by Crippen LogP contribution is 2.37. The summed E-state index contributed by atoms with van der Waals surface area (Å²) in [6, 6.07) is 9.91. The fraction of sp³-hybridized carbons (Fsp3) is 0.227. The van der Waals surface area contributed by atoms with Gasteiger partial charge in [-0.05, 0) is 11.6 Å². The summed E-state index contributed by atoms with van der Waals surface area (Å²) in [4.78, 5) is 46.3. The van der Waals surface area contributed by atoms with Gasteiger partial charge in [-0.1, -0.05) is 42.5 Å². The standard InChI is InChI=1S/C22H17F5N2O8/c23-21(24,22(25,26)27)12-37-16-11-14(8-9-15(16)29(35)36)17(30)28-20(18(31)32,19(33)34)10-4-7-13-5-2-1-3-6-13/h1-9,11H,10,12H2,(H,28,30)(H,31,32)(H,33,34)/b7-4+. The molecule has 0 aliphatic heterocycles. The van der Waals surface area contributed by atoms with E-state index < -0.39 is 70.4 Å². The normalized spacial score (nSPS) is 12.2. The molecular formula is C22H17F5N2O8. The van der Waals surface area contributed by atoms with E-state index in [2.05, 4.69) is 4.74 Å². The number of rotatable bonds is 11. The van der Waals surface area contributed by atoms with Crippen LogP contribution in [-0.4, -0.2) is 57.2 Å².